The van der Waals surface area contributed by atoms with Gasteiger partial charge in [0.2, 0.25) is 0 Å². The first-order valence-corrected chi connectivity index (χ1v) is 29.5. The molecule has 2 saturated heterocycles. The fourth-order valence-electron chi connectivity index (χ4n) is 10.2. The van der Waals surface area contributed by atoms with Crippen LogP contribution in [-0.2, 0) is 18.9 Å². The third kappa shape index (κ3) is 14.2. The molecule has 1 spiro atoms. The van der Waals surface area contributed by atoms with Crippen molar-refractivity contribution in [3.05, 3.63) is 117 Å². The number of anilines is 4. The number of imide groups is 2. The molecule has 2 heterocycles. The molecule has 0 saturated carbocycles. The zero-order chi connectivity index (χ0) is 57.1. The van der Waals surface area contributed by atoms with Crippen molar-refractivity contribution in [2.75, 3.05) is 85.2 Å². The summed E-state index contributed by atoms with van der Waals surface area (Å²) in [5, 5.41) is 20.0. The van der Waals surface area contributed by atoms with E-state index in [-0.39, 0.29) is 125 Å². The van der Waals surface area contributed by atoms with Gasteiger partial charge in [0.05, 0.1) is 62.4 Å². The zero-order valence-electron chi connectivity index (χ0n) is 49.9. The summed E-state index contributed by atoms with van der Waals surface area (Å²) in [7, 11) is -4.52. The van der Waals surface area contributed by atoms with E-state index in [4.69, 9.17) is 18.9 Å². The topological polar surface area (TPSA) is 164 Å². The number of para-hydroxylation sites is 4. The van der Waals surface area contributed by atoms with E-state index in [1.165, 1.54) is 9.80 Å². The Morgan fingerprint density at radius 3 is 0.731 bits per heavy atom. The third-order valence-corrected chi connectivity index (χ3v) is 17.4. The standard InChI is InChI=1S/C52H68N4O4P.C10H20O6.K/c1-29(2)37-21-17-22-38(30(3)4)45(37)53-49(57)55(47-41(33(9)10)25-19-26-42(47)34(11)12)61(51(53)59)52(60)54(46-39(31(5)6)23-18-24-40(46)32(7)8)50(58)56(61)48-43(35(13)14)27-20-28-44(48)36(15)16;11-1-3-13-5-7-15-9-10-16-8-6-14-4-2-12;/h17-36H,1-16H3;1-10H2;/q+1;-2;+1. The monoisotopic (exact) mass is 1120 g/mol. The number of carbonyl (C=O) groups excluding carboxylic acids is 4. The Balaban J connectivity index is 0.000000668. The molecule has 0 aliphatic carbocycles. The van der Waals surface area contributed by atoms with Gasteiger partial charge in [0.25, 0.3) is 0 Å². The van der Waals surface area contributed by atoms with Crippen molar-refractivity contribution >= 4 is 53.7 Å². The molecule has 4 aromatic rings. The summed E-state index contributed by atoms with van der Waals surface area (Å²) in [6, 6.07) is 22.7. The smallest absolute Gasteiger partial charge is 0.853 e. The molecule has 0 unspecified atom stereocenters. The van der Waals surface area contributed by atoms with Crippen molar-refractivity contribution in [2.24, 2.45) is 0 Å². The molecule has 422 valence electrons. The van der Waals surface area contributed by atoms with E-state index in [2.05, 4.69) is 111 Å². The Labute approximate surface area is 509 Å². The first-order chi connectivity index (χ1) is 36.5. The number of ether oxygens (including phenoxy) is 4. The molecule has 16 heteroatoms. The molecule has 0 N–H and O–H groups in total. The van der Waals surface area contributed by atoms with Gasteiger partial charge in [-0.25, -0.2) is 19.2 Å². The summed E-state index contributed by atoms with van der Waals surface area (Å²) < 4.78 is 23.3. The molecule has 14 nitrogen and oxygen atoms in total. The van der Waals surface area contributed by atoms with Crippen LogP contribution in [0.1, 0.15) is 203 Å². The predicted molar refractivity (Wildman–Crippen MR) is 310 cm³/mol. The molecule has 78 heavy (non-hydrogen) atoms. The third-order valence-electron chi connectivity index (χ3n) is 14.1. The van der Waals surface area contributed by atoms with Crippen LogP contribution in [0.4, 0.5) is 41.9 Å². The number of hydrogen-bond acceptors (Lipinski definition) is 10. The van der Waals surface area contributed by atoms with Crippen molar-refractivity contribution < 1.29 is 99.7 Å². The summed E-state index contributed by atoms with van der Waals surface area (Å²) in [6.45, 7) is 35.9. The molecular weight excluding hydrogens is 1030 g/mol. The van der Waals surface area contributed by atoms with Crippen LogP contribution < -0.4 is 80.7 Å². The summed E-state index contributed by atoms with van der Waals surface area (Å²) >= 11 is 0. The van der Waals surface area contributed by atoms with Gasteiger partial charge in [-0.05, 0) is 91.9 Å². The number of urea groups is 2. The molecule has 4 aromatic carbocycles. The molecule has 0 aromatic heterocycles. The van der Waals surface area contributed by atoms with Crippen LogP contribution in [0, 0.1) is 0 Å². The van der Waals surface area contributed by atoms with Gasteiger partial charge >= 0.3 is 82.3 Å². The Kier molecular flexibility index (Phi) is 26.3. The van der Waals surface area contributed by atoms with Crippen LogP contribution in [0.2, 0.25) is 0 Å². The van der Waals surface area contributed by atoms with Gasteiger partial charge in [-0.15, -0.1) is 22.6 Å². The van der Waals surface area contributed by atoms with E-state index in [1.807, 2.05) is 72.8 Å². The molecule has 0 radical (unpaired) electrons. The Morgan fingerprint density at radius 1 is 0.346 bits per heavy atom. The number of benzene rings is 4. The van der Waals surface area contributed by atoms with Crippen LogP contribution in [-0.4, -0.2) is 89.4 Å². The average molecular weight is 1120 g/mol. The minimum absolute atomic E-state index is 0. The van der Waals surface area contributed by atoms with Gasteiger partial charge in [0.1, 0.15) is 0 Å². The van der Waals surface area contributed by atoms with Crippen molar-refractivity contribution in [3.8, 4) is 0 Å². The maximum atomic E-state index is 16.8. The number of rotatable bonds is 25. The van der Waals surface area contributed by atoms with E-state index >= 15 is 19.2 Å². The van der Waals surface area contributed by atoms with Gasteiger partial charge in [0.15, 0.2) is 0 Å². The van der Waals surface area contributed by atoms with Gasteiger partial charge < -0.3 is 29.2 Å². The molecule has 0 bridgehead atoms. The summed E-state index contributed by atoms with van der Waals surface area (Å²) in [5.74, 6) is -0.658. The quantitative estimate of drug-likeness (QED) is 0.0354. The van der Waals surface area contributed by atoms with Crippen LogP contribution in [0.5, 0.6) is 0 Å². The first kappa shape index (κ1) is 67.1. The van der Waals surface area contributed by atoms with Crippen molar-refractivity contribution in [2.45, 2.75) is 158 Å². The number of amides is 6. The molecule has 0 atom stereocenters. The molecule has 2 fully saturated rings. The molecule has 2 aliphatic rings. The fourth-order valence-corrected chi connectivity index (χ4v) is 13.9. The van der Waals surface area contributed by atoms with Gasteiger partial charge in [-0.1, -0.05) is 184 Å². The number of carbonyl (C=O) groups is 4. The maximum absolute atomic E-state index is 16.8. The van der Waals surface area contributed by atoms with Crippen LogP contribution in [0.15, 0.2) is 72.8 Å². The van der Waals surface area contributed by atoms with Crippen LogP contribution in [0.3, 0.4) is 0 Å². The normalized spacial score (nSPS) is 14.6. The van der Waals surface area contributed by atoms with E-state index in [0.717, 1.165) is 44.5 Å². The van der Waals surface area contributed by atoms with Crippen LogP contribution in [0.25, 0.3) is 0 Å². The molecule has 6 amide bonds. The average Bonchev–Trinajstić information content (AvgIpc) is 3.74. The van der Waals surface area contributed by atoms with Crippen molar-refractivity contribution in [1.29, 1.82) is 0 Å². The second-order valence-electron chi connectivity index (χ2n) is 22.3. The molecular formula is C62H88KN4O10P. The summed E-state index contributed by atoms with van der Waals surface area (Å²) in [6.07, 6.45) is 0. The number of hydrogen-bond donors (Lipinski definition) is 0. The minimum atomic E-state index is -4.52. The Bertz CT molecular complexity index is 2370. The Morgan fingerprint density at radius 2 is 0.538 bits per heavy atom. The van der Waals surface area contributed by atoms with Gasteiger partial charge in [-0.2, -0.15) is 9.80 Å². The molecule has 6 rings (SSSR count). The maximum Gasteiger partial charge on any atom is 1.00 e. The van der Waals surface area contributed by atoms with Crippen molar-refractivity contribution in [1.82, 2.24) is 0 Å². The summed E-state index contributed by atoms with van der Waals surface area (Å²) in [5.41, 5.74) is 7.43. The van der Waals surface area contributed by atoms with Crippen LogP contribution >= 0.6 is 7.56 Å². The van der Waals surface area contributed by atoms with E-state index in [1.54, 1.807) is 9.34 Å². The summed E-state index contributed by atoms with van der Waals surface area (Å²) in [4.78, 5) is 69.0. The Hall–Kier alpha value is -3.41. The van der Waals surface area contributed by atoms with E-state index in [9.17, 15) is 10.2 Å². The van der Waals surface area contributed by atoms with E-state index in [0.29, 0.717) is 62.4 Å². The van der Waals surface area contributed by atoms with Gasteiger partial charge in [0, 0.05) is 13.2 Å². The second-order valence-corrected chi connectivity index (χ2v) is 25.0. The zero-order valence-corrected chi connectivity index (χ0v) is 54.0. The predicted octanol–water partition coefficient (Wildman–Crippen LogP) is 11.1. The number of nitrogens with zero attached hydrogens (tertiary/aromatic N) is 4. The minimum Gasteiger partial charge on any atom is -0.853 e. The van der Waals surface area contributed by atoms with E-state index < -0.39 is 30.9 Å². The largest absolute Gasteiger partial charge is 1.00 e. The molecule has 2 aliphatic heterocycles. The second kappa shape index (κ2) is 30.6. The van der Waals surface area contributed by atoms with Crippen molar-refractivity contribution in [3.63, 3.8) is 0 Å². The van der Waals surface area contributed by atoms with Gasteiger partial charge in [-0.3, -0.25) is 0 Å². The SMILES string of the molecule is CC(C)c1cccc(C(C)C)c1N1C(=O)N(c2c(C(C)C)cccc2C(C)C)[P+]2(C1=O)C(=O)N(c1c(C(C)C)cccc1C(C)C)C(=O)N2c1c(C(C)C)cccc1C(C)C.[K+].[O-]CCOCCOCCOCCOCC[O-]. The first-order valence-electron chi connectivity index (χ1n) is 27.8. The fraction of sp³-hybridized carbons (Fsp3) is 0.548.